The van der Waals surface area contributed by atoms with Crippen LogP contribution in [0.4, 0.5) is 5.69 Å². The van der Waals surface area contributed by atoms with Crippen LogP contribution in [0.1, 0.15) is 127 Å². The minimum atomic E-state index is -1.02. The number of rotatable bonds is 16. The second kappa shape index (κ2) is 21.2. The van der Waals surface area contributed by atoms with Gasteiger partial charge < -0.3 is 29.0 Å². The van der Waals surface area contributed by atoms with Crippen LogP contribution >= 0.6 is 0 Å². The van der Waals surface area contributed by atoms with Gasteiger partial charge in [0.05, 0.1) is 21.3 Å². The van der Waals surface area contributed by atoms with Crippen molar-refractivity contribution < 1.29 is 28.5 Å². The number of carbonyl (C=O) groups excluding carboxylic acids is 1. The number of benzene rings is 8. The van der Waals surface area contributed by atoms with E-state index in [2.05, 4.69) is 141 Å². The Labute approximate surface area is 448 Å². The third kappa shape index (κ3) is 8.92. The van der Waals surface area contributed by atoms with E-state index < -0.39 is 11.2 Å². The van der Waals surface area contributed by atoms with E-state index in [4.69, 9.17) is 23.7 Å². The molecule has 8 aromatic rings. The molecule has 7 nitrogen and oxygen atoms in total. The summed E-state index contributed by atoms with van der Waals surface area (Å²) in [5.41, 5.74) is 13.4. The maximum Gasteiger partial charge on any atom is 0.255 e. The molecular formula is C69H69NO6. The molecule has 0 spiro atoms. The molecule has 0 aromatic heterocycles. The lowest BCUT2D eigenvalue weighted by molar-refractivity contribution is 0.0219. The first-order valence-corrected chi connectivity index (χ1v) is 27.3. The van der Waals surface area contributed by atoms with Crippen LogP contribution in [0.25, 0.3) is 50.2 Å². The number of anilines is 1. The van der Waals surface area contributed by atoms with Gasteiger partial charge in [-0.05, 0) is 167 Å². The highest BCUT2D eigenvalue weighted by atomic mass is 16.5. The van der Waals surface area contributed by atoms with Gasteiger partial charge in [0.25, 0.3) is 5.91 Å². The van der Waals surface area contributed by atoms with Crippen molar-refractivity contribution in [1.29, 1.82) is 0 Å². The Bertz CT molecular complexity index is 3390. The summed E-state index contributed by atoms with van der Waals surface area (Å²) in [6.45, 7) is 6.56. The Morgan fingerprint density at radius 1 is 0.658 bits per heavy atom. The molecule has 1 aliphatic heterocycles. The lowest BCUT2D eigenvalue weighted by Gasteiger charge is -2.39. The van der Waals surface area contributed by atoms with Gasteiger partial charge in [-0.1, -0.05) is 137 Å². The standard InChI is InChI=1S/C69H69NO6/c1-8-10-11-14-45-17-19-46(20-18-45)47-21-23-48(24-22-47)49-25-27-50(28-26-49)67(71)70-53-33-38-56(44(3)41-53)59-42-60-61(43-63(59)74-6)66-58(65-64(60)57-15-12-13-16-62(57)68(65,9-2)75-7)39-40-69(76-66,51-29-34-54(72-4)35-30-51)52-31-36-55(73-5)37-32-52/h12-13,15-16,21-43,45-46H,8-11,14,17-20H2,1-7H3,(H,70,71). The van der Waals surface area contributed by atoms with E-state index in [0.717, 1.165) is 101 Å². The molecule has 0 bridgehead atoms. The van der Waals surface area contributed by atoms with Crippen molar-refractivity contribution in [2.75, 3.05) is 33.8 Å². The number of nitrogens with one attached hydrogen (secondary N) is 1. The number of carbonyl (C=O) groups is 1. The van der Waals surface area contributed by atoms with Gasteiger partial charge in [0, 0.05) is 51.6 Å². The molecule has 1 atom stereocenters. The van der Waals surface area contributed by atoms with E-state index in [0.29, 0.717) is 29.3 Å². The summed E-state index contributed by atoms with van der Waals surface area (Å²) in [5.74, 6) is 4.35. The minimum Gasteiger partial charge on any atom is -0.497 e. The topological polar surface area (TPSA) is 75.3 Å². The highest BCUT2D eigenvalue weighted by Crippen LogP contribution is 2.60. The fraction of sp³-hybridized carbons (Fsp3) is 0.290. The maximum absolute atomic E-state index is 13.8. The van der Waals surface area contributed by atoms with Crippen LogP contribution in [0.3, 0.4) is 0 Å². The first kappa shape index (κ1) is 50.5. The first-order valence-electron chi connectivity index (χ1n) is 27.3. The smallest absolute Gasteiger partial charge is 0.255 e. The number of ether oxygens (including phenoxy) is 5. The quantitative estimate of drug-likeness (QED) is 0.0972. The van der Waals surface area contributed by atoms with Gasteiger partial charge in [0.15, 0.2) is 5.60 Å². The average Bonchev–Trinajstić information content (AvgIpc) is 3.97. The number of unbranched alkanes of at least 4 members (excludes halogenated alkanes) is 2. The van der Waals surface area contributed by atoms with Crippen LogP contribution in [0.2, 0.25) is 0 Å². The molecule has 1 fully saturated rings. The van der Waals surface area contributed by atoms with E-state index in [1.165, 1.54) is 56.9 Å². The lowest BCUT2D eigenvalue weighted by atomic mass is 9.77. The second-order valence-electron chi connectivity index (χ2n) is 21.0. The first-order chi connectivity index (χ1) is 37.1. The Kier molecular flexibility index (Phi) is 14.1. The van der Waals surface area contributed by atoms with E-state index in [1.807, 2.05) is 55.6 Å². The van der Waals surface area contributed by atoms with Crippen molar-refractivity contribution in [1.82, 2.24) is 0 Å². The summed E-state index contributed by atoms with van der Waals surface area (Å²) in [7, 11) is 6.89. The molecule has 11 rings (SSSR count). The van der Waals surface area contributed by atoms with Crippen LogP contribution in [-0.2, 0) is 15.9 Å². The van der Waals surface area contributed by atoms with Gasteiger partial charge in [0.1, 0.15) is 28.6 Å². The largest absolute Gasteiger partial charge is 0.497 e. The van der Waals surface area contributed by atoms with Gasteiger partial charge >= 0.3 is 0 Å². The molecule has 2 aliphatic carbocycles. The van der Waals surface area contributed by atoms with Crippen molar-refractivity contribution >= 4 is 28.4 Å². The number of methoxy groups -OCH3 is 4. The Hall–Kier alpha value is -7.61. The van der Waals surface area contributed by atoms with Crippen LogP contribution in [0.15, 0.2) is 158 Å². The maximum atomic E-state index is 13.8. The summed E-state index contributed by atoms with van der Waals surface area (Å²) in [6.07, 6.45) is 15.8. The van der Waals surface area contributed by atoms with Crippen molar-refractivity contribution in [2.45, 2.75) is 95.7 Å². The molecule has 1 saturated carbocycles. The zero-order valence-electron chi connectivity index (χ0n) is 45.1. The fourth-order valence-electron chi connectivity index (χ4n) is 12.8. The number of hydrogen-bond donors (Lipinski definition) is 1. The van der Waals surface area contributed by atoms with Crippen molar-refractivity contribution in [3.63, 3.8) is 0 Å². The molecule has 0 saturated heterocycles. The molecule has 0 radical (unpaired) electrons. The molecule has 1 amide bonds. The van der Waals surface area contributed by atoms with Crippen LogP contribution in [0, 0.1) is 12.8 Å². The van der Waals surface area contributed by atoms with Crippen LogP contribution < -0.4 is 24.3 Å². The minimum absolute atomic E-state index is 0.159. The van der Waals surface area contributed by atoms with E-state index >= 15 is 0 Å². The molecule has 1 N–H and O–H groups in total. The van der Waals surface area contributed by atoms with Crippen molar-refractivity contribution in [2.24, 2.45) is 5.92 Å². The Balaban J connectivity index is 0.921. The summed E-state index contributed by atoms with van der Waals surface area (Å²) in [6, 6.07) is 52.3. The monoisotopic (exact) mass is 1010 g/mol. The number of amides is 1. The third-order valence-corrected chi connectivity index (χ3v) is 17.0. The van der Waals surface area contributed by atoms with Gasteiger partial charge in [0.2, 0.25) is 0 Å². The predicted molar refractivity (Wildman–Crippen MR) is 309 cm³/mol. The van der Waals surface area contributed by atoms with E-state index in [-0.39, 0.29) is 5.91 Å². The Morgan fingerprint density at radius 2 is 1.32 bits per heavy atom. The van der Waals surface area contributed by atoms with Crippen molar-refractivity contribution in [3.05, 3.63) is 202 Å². The number of aryl methyl sites for hydroxylation is 1. The molecule has 386 valence electrons. The van der Waals surface area contributed by atoms with Gasteiger partial charge in [-0.3, -0.25) is 4.79 Å². The third-order valence-electron chi connectivity index (χ3n) is 17.0. The highest BCUT2D eigenvalue weighted by Gasteiger charge is 2.48. The molecule has 76 heavy (non-hydrogen) atoms. The van der Waals surface area contributed by atoms with E-state index in [9.17, 15) is 4.79 Å². The van der Waals surface area contributed by atoms with Crippen molar-refractivity contribution in [3.8, 4) is 56.4 Å². The summed E-state index contributed by atoms with van der Waals surface area (Å²) in [5, 5.41) is 5.12. The van der Waals surface area contributed by atoms with Crippen LogP contribution in [-0.4, -0.2) is 34.3 Å². The van der Waals surface area contributed by atoms with Gasteiger partial charge in [-0.15, -0.1) is 0 Å². The SMILES string of the molecule is CCCCCC1CCC(c2ccc(-c3ccc(C(=O)Nc4ccc(-c5cc6c7c(c8c(c6cc5OC)OC(c5ccc(OC)cc5)(c5ccc(OC)cc5)C=C8)C(CC)(OC)c5ccccc5-7)c(C)c4)cc3)cc2)CC1. The molecule has 8 aromatic carbocycles. The molecular weight excluding hydrogens is 939 g/mol. The summed E-state index contributed by atoms with van der Waals surface area (Å²) < 4.78 is 32.0. The fourth-order valence-corrected chi connectivity index (χ4v) is 12.8. The molecule has 3 aliphatic rings. The van der Waals surface area contributed by atoms with Crippen LogP contribution in [0.5, 0.6) is 23.0 Å². The molecule has 7 heteroatoms. The number of hydrogen-bond acceptors (Lipinski definition) is 6. The van der Waals surface area contributed by atoms with Gasteiger partial charge in [-0.25, -0.2) is 0 Å². The predicted octanol–water partition coefficient (Wildman–Crippen LogP) is 17.2. The lowest BCUT2D eigenvalue weighted by Crippen LogP contribution is -2.35. The molecule has 1 heterocycles. The zero-order valence-corrected chi connectivity index (χ0v) is 45.1. The second-order valence-corrected chi connectivity index (χ2v) is 21.0. The average molecular weight is 1010 g/mol. The zero-order chi connectivity index (χ0) is 52.6. The molecule has 1 unspecified atom stereocenters. The normalized spacial score (nSPS) is 18.0. The van der Waals surface area contributed by atoms with Gasteiger partial charge in [-0.2, -0.15) is 0 Å². The number of fused-ring (bicyclic) bond motifs is 8. The highest BCUT2D eigenvalue weighted by molar-refractivity contribution is 6.11. The van der Waals surface area contributed by atoms with E-state index in [1.54, 1.807) is 21.3 Å². The summed E-state index contributed by atoms with van der Waals surface area (Å²) >= 11 is 0. The summed E-state index contributed by atoms with van der Waals surface area (Å²) in [4.78, 5) is 13.8. The Morgan fingerprint density at radius 3 is 1.92 bits per heavy atom.